The van der Waals surface area contributed by atoms with E-state index in [2.05, 4.69) is 10.1 Å². The smallest absolute Gasteiger partial charge is 0.260 e. The fourth-order valence-corrected chi connectivity index (χ4v) is 3.90. The molecule has 1 aliphatic rings. The molecule has 0 aliphatic carbocycles. The number of aryl methyl sites for hydroxylation is 1. The maximum Gasteiger partial charge on any atom is 0.260 e. The Morgan fingerprint density at radius 3 is 2.73 bits per heavy atom. The molecule has 1 aliphatic heterocycles. The number of benzene rings is 2. The van der Waals surface area contributed by atoms with Crippen molar-refractivity contribution >= 4 is 11.9 Å². The van der Waals surface area contributed by atoms with Gasteiger partial charge in [-0.25, -0.2) is 9.37 Å². The van der Waals surface area contributed by atoms with E-state index in [4.69, 9.17) is 9.57 Å². The summed E-state index contributed by atoms with van der Waals surface area (Å²) in [5.74, 6) is 0.0878. The van der Waals surface area contributed by atoms with Gasteiger partial charge in [0.1, 0.15) is 18.2 Å². The highest BCUT2D eigenvalue weighted by Crippen LogP contribution is 2.37. The third-order valence-corrected chi connectivity index (χ3v) is 5.51. The van der Waals surface area contributed by atoms with Crippen LogP contribution in [-0.2, 0) is 10.6 Å². The Bertz CT molecular complexity index is 1220. The van der Waals surface area contributed by atoms with Gasteiger partial charge < -0.3 is 29.3 Å². The van der Waals surface area contributed by atoms with Gasteiger partial charge in [0.25, 0.3) is 5.72 Å². The van der Waals surface area contributed by atoms with E-state index in [1.165, 1.54) is 24.3 Å². The number of imidazole rings is 1. The van der Waals surface area contributed by atoms with E-state index in [0.29, 0.717) is 23.4 Å². The quantitative estimate of drug-likeness (QED) is 0.531. The fourth-order valence-electron chi connectivity index (χ4n) is 3.90. The Morgan fingerprint density at radius 2 is 2.09 bits per heavy atom. The van der Waals surface area contributed by atoms with Crippen LogP contribution in [-0.4, -0.2) is 50.8 Å². The monoisotopic (exact) mass is 452 g/mol. The summed E-state index contributed by atoms with van der Waals surface area (Å²) in [5, 5.41) is 25.1. The number of hydrogen-bond acceptors (Lipinski definition) is 7. The lowest BCUT2D eigenvalue weighted by Crippen LogP contribution is -2.49. The maximum atomic E-state index is 13.9. The van der Waals surface area contributed by atoms with Crippen LogP contribution in [0.5, 0.6) is 5.75 Å². The summed E-state index contributed by atoms with van der Waals surface area (Å²) >= 11 is 0. The predicted octanol–water partition coefficient (Wildman–Crippen LogP) is 3.74. The third kappa shape index (κ3) is 4.03. The molecule has 0 radical (unpaired) electrons. The molecule has 0 amide bonds. The summed E-state index contributed by atoms with van der Waals surface area (Å²) in [4.78, 5) is 11.4. The molecule has 1 atom stereocenters. The molecular weight excluding hydrogens is 427 g/mol. The lowest BCUT2D eigenvalue weighted by atomic mass is 10.0. The molecule has 4 rings (SSSR count). The molecule has 1 aromatic heterocycles. The first-order valence-electron chi connectivity index (χ1n) is 10.4. The second-order valence-electron chi connectivity index (χ2n) is 7.59. The van der Waals surface area contributed by atoms with E-state index in [9.17, 15) is 14.6 Å². The minimum absolute atomic E-state index is 0.129. The van der Waals surface area contributed by atoms with Crippen molar-refractivity contribution in [1.29, 1.82) is 0 Å². The number of aromatic nitrogens is 2. The van der Waals surface area contributed by atoms with Gasteiger partial charge in [0.2, 0.25) is 5.84 Å². The summed E-state index contributed by atoms with van der Waals surface area (Å²) in [6, 6.07) is 11.2. The van der Waals surface area contributed by atoms with Crippen molar-refractivity contribution in [2.75, 3.05) is 20.3 Å². The van der Waals surface area contributed by atoms with Gasteiger partial charge in [-0.3, -0.25) is 0 Å². The average Bonchev–Trinajstić information content (AvgIpc) is 3.42. The zero-order valence-corrected chi connectivity index (χ0v) is 18.6. The highest BCUT2D eigenvalue weighted by Gasteiger charge is 2.48. The molecule has 9 heteroatoms. The van der Waals surface area contributed by atoms with E-state index in [1.54, 1.807) is 30.5 Å². The number of methoxy groups -OCH3 is 1. The Kier molecular flexibility index (Phi) is 6.06. The predicted molar refractivity (Wildman–Crippen MR) is 122 cm³/mol. The highest BCUT2D eigenvalue weighted by atomic mass is 19.1. The van der Waals surface area contributed by atoms with Crippen LogP contribution in [0.1, 0.15) is 23.7 Å². The van der Waals surface area contributed by atoms with E-state index < -0.39 is 18.1 Å². The van der Waals surface area contributed by atoms with Crippen LogP contribution in [0, 0.1) is 12.7 Å². The van der Waals surface area contributed by atoms with Crippen molar-refractivity contribution in [2.24, 2.45) is 5.16 Å². The molecule has 8 nitrogen and oxygen atoms in total. The van der Waals surface area contributed by atoms with Crippen molar-refractivity contribution in [3.63, 3.8) is 0 Å². The second-order valence-corrected chi connectivity index (χ2v) is 7.59. The zero-order valence-electron chi connectivity index (χ0n) is 18.6. The molecule has 33 heavy (non-hydrogen) atoms. The van der Waals surface area contributed by atoms with Gasteiger partial charge >= 0.3 is 0 Å². The number of amidine groups is 1. The Hall–Kier alpha value is -3.85. The van der Waals surface area contributed by atoms with Crippen molar-refractivity contribution in [3.05, 3.63) is 83.4 Å². The minimum Gasteiger partial charge on any atom is -0.504 e. The van der Waals surface area contributed by atoms with E-state index >= 15 is 0 Å². The third-order valence-electron chi connectivity index (χ3n) is 5.51. The number of hydrogen-bond donors (Lipinski definition) is 2. The topological polar surface area (TPSA) is 92.3 Å². The van der Waals surface area contributed by atoms with E-state index in [-0.39, 0.29) is 11.6 Å². The molecule has 172 valence electrons. The number of ether oxygens (including phenoxy) is 1. The Balaban J connectivity index is 1.66. The summed E-state index contributed by atoms with van der Waals surface area (Å²) < 4.78 is 21.2. The first-order valence-corrected chi connectivity index (χ1v) is 10.4. The van der Waals surface area contributed by atoms with Gasteiger partial charge in [-0.2, -0.15) is 0 Å². The molecule has 1 unspecified atom stereocenters. The summed E-state index contributed by atoms with van der Waals surface area (Å²) in [7, 11) is 1.57. The molecule has 0 saturated carbocycles. The number of halogens is 1. The number of aliphatic hydroxyl groups is 2. The van der Waals surface area contributed by atoms with E-state index in [0.717, 1.165) is 11.4 Å². The van der Waals surface area contributed by atoms with Crippen LogP contribution in [0.2, 0.25) is 0 Å². The largest absolute Gasteiger partial charge is 0.504 e. The van der Waals surface area contributed by atoms with Crippen LogP contribution in [0.25, 0.3) is 11.8 Å². The fraction of sp³-hybridized carbons (Fsp3) is 0.250. The number of aliphatic hydroxyl groups excluding tert-OH is 2. The summed E-state index contributed by atoms with van der Waals surface area (Å²) in [6.07, 6.45) is 5.11. The van der Waals surface area contributed by atoms with Crippen LogP contribution >= 0.6 is 0 Å². The zero-order chi connectivity index (χ0) is 23.6. The Morgan fingerprint density at radius 1 is 1.27 bits per heavy atom. The van der Waals surface area contributed by atoms with Crippen molar-refractivity contribution < 1.29 is 24.2 Å². The molecule has 0 bridgehead atoms. The molecule has 2 heterocycles. The summed E-state index contributed by atoms with van der Waals surface area (Å²) in [6.45, 7) is 3.58. The van der Waals surface area contributed by atoms with E-state index in [1.807, 2.05) is 36.7 Å². The molecular formula is C24H25FN4O4. The molecule has 3 aromatic rings. The van der Waals surface area contributed by atoms with Crippen molar-refractivity contribution in [3.8, 4) is 11.4 Å². The van der Waals surface area contributed by atoms with Crippen molar-refractivity contribution in [2.45, 2.75) is 19.6 Å². The number of oxime groups is 1. The molecule has 2 aromatic carbocycles. The Labute approximate surface area is 190 Å². The first-order chi connectivity index (χ1) is 15.9. The molecule has 0 spiro atoms. The maximum absolute atomic E-state index is 13.9. The normalized spacial score (nSPS) is 18.3. The lowest BCUT2D eigenvalue weighted by Gasteiger charge is -2.35. The standard InChI is InChI=1S/C24H25FN4O4/c1-4-29-23(27-33-24(29,14-30)18-6-5-7-19(25)12-18)21(31)10-17-8-9-20(22(11-17)32-3)28-13-16(2)26-15-28/h5-13,15,30-31H,4,14H2,1-3H3/b21-10+. The molecule has 0 saturated heterocycles. The number of rotatable bonds is 7. The average molecular weight is 452 g/mol. The van der Waals surface area contributed by atoms with Gasteiger partial charge in [0, 0.05) is 18.3 Å². The molecule has 0 fully saturated rings. The first kappa shape index (κ1) is 22.3. The number of likely N-dealkylation sites (N-methyl/N-ethyl adjacent to an activating group) is 1. The number of nitrogens with zero attached hydrogens (tertiary/aromatic N) is 4. The van der Waals surface area contributed by atoms with Gasteiger partial charge in [0.05, 0.1) is 24.8 Å². The van der Waals surface area contributed by atoms with Gasteiger partial charge in [-0.15, -0.1) is 0 Å². The lowest BCUT2D eigenvalue weighted by molar-refractivity contribution is -0.135. The molecule has 2 N–H and O–H groups in total. The van der Waals surface area contributed by atoms with Gasteiger partial charge in [-0.05, 0) is 49.8 Å². The minimum atomic E-state index is -1.44. The van der Waals surface area contributed by atoms with Crippen molar-refractivity contribution in [1.82, 2.24) is 14.5 Å². The van der Waals surface area contributed by atoms with Crippen LogP contribution in [0.4, 0.5) is 4.39 Å². The summed E-state index contributed by atoms with van der Waals surface area (Å²) in [5.41, 5.74) is 1.30. The van der Waals surface area contributed by atoms with Crippen LogP contribution in [0.15, 0.2) is 65.9 Å². The van der Waals surface area contributed by atoms with Crippen LogP contribution in [0.3, 0.4) is 0 Å². The SMILES string of the molecule is CCN1C(/C(O)=C\c2ccc(-n3cnc(C)c3)c(OC)c2)=NOC1(CO)c1cccc(F)c1. The van der Waals surface area contributed by atoms with Crippen LogP contribution < -0.4 is 4.74 Å². The second kappa shape index (κ2) is 8.95. The van der Waals surface area contributed by atoms with Gasteiger partial charge in [-0.1, -0.05) is 23.4 Å². The van der Waals surface area contributed by atoms with Gasteiger partial charge in [0.15, 0.2) is 5.76 Å². The highest BCUT2D eigenvalue weighted by molar-refractivity contribution is 6.00.